The lowest BCUT2D eigenvalue weighted by Gasteiger charge is -2.12. The van der Waals surface area contributed by atoms with Crippen LogP contribution in [0.1, 0.15) is 108 Å². The number of allylic oxidation sites excluding steroid dienone is 1. The van der Waals surface area contributed by atoms with Gasteiger partial charge in [0.1, 0.15) is 6.61 Å². The summed E-state index contributed by atoms with van der Waals surface area (Å²) in [7, 11) is 0. The van der Waals surface area contributed by atoms with Gasteiger partial charge in [0.2, 0.25) is 0 Å². The van der Waals surface area contributed by atoms with Gasteiger partial charge in [-0.05, 0) is 38.0 Å². The van der Waals surface area contributed by atoms with E-state index in [0.29, 0.717) is 36.0 Å². The van der Waals surface area contributed by atoms with E-state index in [1.165, 1.54) is 63.5 Å². The van der Waals surface area contributed by atoms with Crippen molar-refractivity contribution in [2.75, 3.05) is 25.1 Å². The summed E-state index contributed by atoms with van der Waals surface area (Å²) in [5, 5.41) is 3.37. The molecule has 1 N–H and O–H groups in total. The molecule has 0 bridgehead atoms. The molecule has 37 heavy (non-hydrogen) atoms. The summed E-state index contributed by atoms with van der Waals surface area (Å²) in [4.78, 5) is 35.9. The Bertz CT molecular complexity index is 855. The number of ether oxygens (including phenoxy) is 3. The normalized spacial score (nSPS) is 11.2. The highest BCUT2D eigenvalue weighted by Gasteiger charge is 2.13. The number of halogens is 1. The molecule has 0 amide bonds. The minimum atomic E-state index is -0.575. The standard InChI is InChI=1S/C29H44ClNO6/c1-4-7-8-9-10-11-12-13-14-15-19-36-27(32)18-20-37-29(34)23-16-17-26(25(30)21-23)31-24(5-2)22-28(33)35-6-3/h16-17,21-22,31H,4-15,18-20H2,1-3H3. The molecule has 1 rings (SSSR count). The van der Waals surface area contributed by atoms with Gasteiger partial charge in [0.25, 0.3) is 0 Å². The van der Waals surface area contributed by atoms with Gasteiger partial charge < -0.3 is 19.5 Å². The number of benzene rings is 1. The molecule has 0 saturated heterocycles. The Balaban J connectivity index is 2.26. The van der Waals surface area contributed by atoms with Crippen LogP contribution < -0.4 is 5.32 Å². The number of hydrogen-bond donors (Lipinski definition) is 1. The van der Waals surface area contributed by atoms with Crippen LogP contribution >= 0.6 is 11.6 Å². The lowest BCUT2D eigenvalue weighted by atomic mass is 10.1. The van der Waals surface area contributed by atoms with E-state index in [4.69, 9.17) is 25.8 Å². The number of unbranched alkanes of at least 4 members (excludes halogenated alkanes) is 9. The highest BCUT2D eigenvalue weighted by atomic mass is 35.5. The molecule has 0 saturated carbocycles. The number of hydrogen-bond acceptors (Lipinski definition) is 7. The Morgan fingerprint density at radius 3 is 2.08 bits per heavy atom. The maximum atomic E-state index is 12.3. The second kappa shape index (κ2) is 20.5. The minimum absolute atomic E-state index is 0.00931. The minimum Gasteiger partial charge on any atom is -0.466 e. The summed E-state index contributed by atoms with van der Waals surface area (Å²) in [5.74, 6) is -1.39. The highest BCUT2D eigenvalue weighted by Crippen LogP contribution is 2.25. The van der Waals surface area contributed by atoms with Gasteiger partial charge in [0, 0.05) is 11.8 Å². The van der Waals surface area contributed by atoms with Crippen LogP contribution in [-0.4, -0.2) is 37.7 Å². The predicted molar refractivity (Wildman–Crippen MR) is 148 cm³/mol. The van der Waals surface area contributed by atoms with Crippen molar-refractivity contribution in [2.24, 2.45) is 0 Å². The Labute approximate surface area is 227 Å². The van der Waals surface area contributed by atoms with Gasteiger partial charge in [0.05, 0.1) is 35.9 Å². The SMILES string of the molecule is CCCCCCCCCCCCOC(=O)CCOC(=O)c1ccc(NC(=CC(=O)OCC)CC)c(Cl)c1. The molecule has 208 valence electrons. The smallest absolute Gasteiger partial charge is 0.338 e. The van der Waals surface area contributed by atoms with Crippen molar-refractivity contribution >= 4 is 35.2 Å². The lowest BCUT2D eigenvalue weighted by molar-refractivity contribution is -0.144. The molecule has 0 aromatic heterocycles. The summed E-state index contributed by atoms with van der Waals surface area (Å²) in [6, 6.07) is 4.68. The summed E-state index contributed by atoms with van der Waals surface area (Å²) in [6.07, 6.45) is 14.2. The van der Waals surface area contributed by atoms with E-state index in [1.54, 1.807) is 19.1 Å². The molecule has 1 aromatic carbocycles. The van der Waals surface area contributed by atoms with E-state index >= 15 is 0 Å². The first-order valence-electron chi connectivity index (χ1n) is 13.7. The van der Waals surface area contributed by atoms with Gasteiger partial charge in [-0.25, -0.2) is 9.59 Å². The zero-order chi connectivity index (χ0) is 27.3. The molecule has 0 heterocycles. The van der Waals surface area contributed by atoms with Crippen molar-refractivity contribution in [2.45, 2.75) is 97.8 Å². The summed E-state index contributed by atoms with van der Waals surface area (Å²) < 4.78 is 15.3. The van der Waals surface area contributed by atoms with Crippen LogP contribution in [0, 0.1) is 0 Å². The number of carbonyl (C=O) groups excluding carboxylic acids is 3. The first-order valence-corrected chi connectivity index (χ1v) is 14.1. The molecule has 0 aliphatic heterocycles. The summed E-state index contributed by atoms with van der Waals surface area (Å²) >= 11 is 6.31. The van der Waals surface area contributed by atoms with Crippen molar-refractivity contribution in [3.8, 4) is 0 Å². The van der Waals surface area contributed by atoms with E-state index in [0.717, 1.165) is 12.8 Å². The predicted octanol–water partition coefficient (Wildman–Crippen LogP) is 7.62. The van der Waals surface area contributed by atoms with Gasteiger partial charge in [-0.2, -0.15) is 0 Å². The fourth-order valence-corrected chi connectivity index (χ4v) is 3.86. The number of nitrogens with one attached hydrogen (secondary N) is 1. The zero-order valence-corrected chi connectivity index (χ0v) is 23.5. The highest BCUT2D eigenvalue weighted by molar-refractivity contribution is 6.33. The Morgan fingerprint density at radius 2 is 1.49 bits per heavy atom. The lowest BCUT2D eigenvalue weighted by Crippen LogP contribution is -2.13. The topological polar surface area (TPSA) is 90.9 Å². The molecule has 7 nitrogen and oxygen atoms in total. The van der Waals surface area contributed by atoms with Crippen molar-refractivity contribution in [1.82, 2.24) is 0 Å². The average Bonchev–Trinajstić information content (AvgIpc) is 2.87. The second-order valence-electron chi connectivity index (χ2n) is 8.88. The maximum absolute atomic E-state index is 12.3. The van der Waals surface area contributed by atoms with Crippen molar-refractivity contribution in [1.29, 1.82) is 0 Å². The second-order valence-corrected chi connectivity index (χ2v) is 9.29. The quantitative estimate of drug-likeness (QED) is 0.0791. The number of rotatable bonds is 20. The Morgan fingerprint density at radius 1 is 0.838 bits per heavy atom. The summed E-state index contributed by atoms with van der Waals surface area (Å²) in [6.45, 7) is 6.49. The maximum Gasteiger partial charge on any atom is 0.338 e. The van der Waals surface area contributed by atoms with Crippen LogP contribution in [0.2, 0.25) is 5.02 Å². The molecular formula is C29H44ClNO6. The van der Waals surface area contributed by atoms with Crippen LogP contribution in [-0.2, 0) is 23.8 Å². The third-order valence-electron chi connectivity index (χ3n) is 5.76. The van der Waals surface area contributed by atoms with E-state index in [-0.39, 0.29) is 24.6 Å². The van der Waals surface area contributed by atoms with E-state index in [2.05, 4.69) is 12.2 Å². The van der Waals surface area contributed by atoms with Gasteiger partial charge in [-0.3, -0.25) is 4.79 Å². The molecule has 0 unspecified atom stereocenters. The largest absolute Gasteiger partial charge is 0.466 e. The molecule has 0 spiro atoms. The Hall–Kier alpha value is -2.54. The molecule has 0 fully saturated rings. The van der Waals surface area contributed by atoms with Gasteiger partial charge in [-0.1, -0.05) is 83.2 Å². The first kappa shape index (κ1) is 32.5. The van der Waals surface area contributed by atoms with Gasteiger partial charge >= 0.3 is 17.9 Å². The fourth-order valence-electron chi connectivity index (χ4n) is 3.63. The van der Waals surface area contributed by atoms with Crippen LogP contribution in [0.3, 0.4) is 0 Å². The monoisotopic (exact) mass is 537 g/mol. The van der Waals surface area contributed by atoms with Crippen LogP contribution in [0.25, 0.3) is 0 Å². The van der Waals surface area contributed by atoms with Crippen molar-refractivity contribution in [3.05, 3.63) is 40.6 Å². The van der Waals surface area contributed by atoms with E-state index < -0.39 is 11.9 Å². The zero-order valence-electron chi connectivity index (χ0n) is 22.7. The van der Waals surface area contributed by atoms with E-state index in [1.807, 2.05) is 6.92 Å². The molecule has 8 heteroatoms. The average molecular weight is 538 g/mol. The van der Waals surface area contributed by atoms with Gasteiger partial charge in [0.15, 0.2) is 0 Å². The molecule has 0 aliphatic rings. The van der Waals surface area contributed by atoms with E-state index in [9.17, 15) is 14.4 Å². The van der Waals surface area contributed by atoms with Crippen molar-refractivity contribution in [3.63, 3.8) is 0 Å². The van der Waals surface area contributed by atoms with Crippen LogP contribution in [0.15, 0.2) is 30.0 Å². The number of esters is 3. The molecule has 0 atom stereocenters. The number of anilines is 1. The molecule has 0 aliphatic carbocycles. The molecular weight excluding hydrogens is 494 g/mol. The third kappa shape index (κ3) is 15.3. The third-order valence-corrected chi connectivity index (χ3v) is 6.07. The molecule has 1 aromatic rings. The number of carbonyl (C=O) groups is 3. The Kier molecular flexibility index (Phi) is 18.0. The van der Waals surface area contributed by atoms with Crippen LogP contribution in [0.5, 0.6) is 0 Å². The first-order chi connectivity index (χ1) is 17.9. The van der Waals surface area contributed by atoms with Gasteiger partial charge in [-0.15, -0.1) is 0 Å². The van der Waals surface area contributed by atoms with Crippen LogP contribution in [0.4, 0.5) is 5.69 Å². The molecule has 0 radical (unpaired) electrons. The summed E-state index contributed by atoms with van der Waals surface area (Å²) in [5.41, 5.74) is 1.44. The fraction of sp³-hybridized carbons (Fsp3) is 0.621. The van der Waals surface area contributed by atoms with Crippen molar-refractivity contribution < 1.29 is 28.6 Å².